The number of nitriles is 3. The van der Waals surface area contributed by atoms with Gasteiger partial charge in [0, 0.05) is 23.8 Å². The van der Waals surface area contributed by atoms with Crippen molar-refractivity contribution in [1.29, 1.82) is 15.8 Å². The van der Waals surface area contributed by atoms with Gasteiger partial charge >= 0.3 is 6.18 Å². The molecule has 0 amide bonds. The van der Waals surface area contributed by atoms with Gasteiger partial charge in [-0.3, -0.25) is 4.98 Å². The number of rotatable bonds is 8. The van der Waals surface area contributed by atoms with Crippen LogP contribution in [-0.2, 0) is 5.54 Å². The maximum atomic E-state index is 13.7. The Labute approximate surface area is 251 Å². The lowest BCUT2D eigenvalue weighted by molar-refractivity contribution is -0.206. The van der Waals surface area contributed by atoms with Gasteiger partial charge in [0.15, 0.2) is 0 Å². The van der Waals surface area contributed by atoms with Crippen molar-refractivity contribution in [3.63, 3.8) is 0 Å². The molecular weight excluding hydrogens is 567 g/mol. The van der Waals surface area contributed by atoms with E-state index in [9.17, 15) is 29.0 Å². The van der Waals surface area contributed by atoms with Crippen LogP contribution in [0.4, 0.5) is 24.5 Å². The van der Waals surface area contributed by atoms with Gasteiger partial charge in [-0.15, -0.1) is 5.10 Å². The lowest BCUT2D eigenvalue weighted by atomic mass is 9.50. The number of fused-ring (bicyclic) bond motifs is 1. The fourth-order valence-electron chi connectivity index (χ4n) is 6.08. The minimum absolute atomic E-state index is 0.00503. The second-order valence-electron chi connectivity index (χ2n) is 12.4. The normalized spacial score (nSPS) is 19.6. The zero-order valence-electron chi connectivity index (χ0n) is 24.3. The summed E-state index contributed by atoms with van der Waals surface area (Å²) in [5.74, 6) is 0.740. The van der Waals surface area contributed by atoms with Gasteiger partial charge in [-0.25, -0.2) is 4.68 Å². The van der Waals surface area contributed by atoms with Gasteiger partial charge in [0.05, 0.1) is 57.2 Å². The SMILES string of the molecule is Cc1c(C#N)cccc1C(Nc1cc(C#N)c2ncc(C#N)c(NCC(C)(C)C(F)(F)F)c2c1)c1cn(C23CC(C2)C3)nn1. The third kappa shape index (κ3) is 4.66. The van der Waals surface area contributed by atoms with Gasteiger partial charge in [-0.1, -0.05) is 17.3 Å². The number of anilines is 2. The van der Waals surface area contributed by atoms with Crippen LogP contribution in [0.2, 0.25) is 0 Å². The van der Waals surface area contributed by atoms with Crippen molar-refractivity contribution >= 4 is 22.3 Å². The molecule has 1 atom stereocenters. The van der Waals surface area contributed by atoms with E-state index >= 15 is 0 Å². The van der Waals surface area contributed by atoms with Crippen molar-refractivity contribution < 1.29 is 13.2 Å². The summed E-state index contributed by atoms with van der Waals surface area (Å²) < 4.78 is 42.9. The van der Waals surface area contributed by atoms with Crippen LogP contribution < -0.4 is 10.6 Å². The van der Waals surface area contributed by atoms with Crippen LogP contribution in [-0.4, -0.2) is 32.7 Å². The summed E-state index contributed by atoms with van der Waals surface area (Å²) in [6.45, 7) is 3.50. The summed E-state index contributed by atoms with van der Waals surface area (Å²) in [5, 5.41) is 45.1. The van der Waals surface area contributed by atoms with Crippen LogP contribution in [0.1, 0.15) is 72.7 Å². The predicted molar refractivity (Wildman–Crippen MR) is 156 cm³/mol. The van der Waals surface area contributed by atoms with Gasteiger partial charge in [0.2, 0.25) is 0 Å². The Morgan fingerprint density at radius 3 is 2.36 bits per heavy atom. The van der Waals surface area contributed by atoms with E-state index in [0.717, 1.165) is 50.2 Å². The van der Waals surface area contributed by atoms with Crippen molar-refractivity contribution in [3.8, 4) is 18.2 Å². The maximum Gasteiger partial charge on any atom is 0.395 e. The molecule has 4 aromatic rings. The standard InChI is InChI=1S/C32H28F3N9/c1-18-20(12-36)5-4-6-24(18)29(26-16-44(43-42-26)31-9-19(10-31)11-31)41-23-7-21(13-37)27-25(8-23)28(22(14-38)15-39-27)40-17-30(2,3)32(33,34)35/h4-8,15-16,19,29,41H,9-11,17H2,1-3H3,(H,39,40). The van der Waals surface area contributed by atoms with E-state index in [-0.39, 0.29) is 27.9 Å². The van der Waals surface area contributed by atoms with Gasteiger partial charge in [-0.05, 0) is 75.3 Å². The quantitative estimate of drug-likeness (QED) is 0.237. The average Bonchev–Trinajstić information content (AvgIpc) is 3.41. The van der Waals surface area contributed by atoms with Crippen LogP contribution >= 0.6 is 0 Å². The van der Waals surface area contributed by atoms with E-state index in [1.165, 1.54) is 6.20 Å². The van der Waals surface area contributed by atoms with Crippen molar-refractivity contribution in [3.05, 3.63) is 76.2 Å². The third-order valence-electron chi connectivity index (χ3n) is 9.10. The Morgan fingerprint density at radius 2 is 1.75 bits per heavy atom. The predicted octanol–water partition coefficient (Wildman–Crippen LogP) is 6.46. The van der Waals surface area contributed by atoms with Gasteiger partial charge in [0.1, 0.15) is 17.8 Å². The third-order valence-corrected chi connectivity index (χ3v) is 9.10. The van der Waals surface area contributed by atoms with Crippen LogP contribution in [0.5, 0.6) is 0 Å². The Bertz CT molecular complexity index is 1900. The summed E-state index contributed by atoms with van der Waals surface area (Å²) in [7, 11) is 0. The second kappa shape index (κ2) is 10.2. The minimum atomic E-state index is -4.49. The van der Waals surface area contributed by atoms with Crippen molar-refractivity contribution in [2.24, 2.45) is 11.3 Å². The monoisotopic (exact) mass is 595 g/mol. The molecule has 0 spiro atoms. The number of benzene rings is 2. The van der Waals surface area contributed by atoms with E-state index in [1.54, 1.807) is 24.3 Å². The molecular formula is C32H28F3N9. The summed E-state index contributed by atoms with van der Waals surface area (Å²) in [6.07, 6.45) is 1.90. The van der Waals surface area contributed by atoms with E-state index in [2.05, 4.69) is 38.1 Å². The fraction of sp³-hybridized carbons (Fsp3) is 0.375. The number of hydrogen-bond donors (Lipinski definition) is 2. The zero-order chi connectivity index (χ0) is 31.4. The molecule has 3 fully saturated rings. The maximum absolute atomic E-state index is 13.7. The molecule has 1 unspecified atom stereocenters. The highest BCUT2D eigenvalue weighted by Crippen LogP contribution is 2.62. The molecule has 2 aromatic heterocycles. The molecule has 2 N–H and O–H groups in total. The first kappa shape index (κ1) is 28.9. The summed E-state index contributed by atoms with van der Waals surface area (Å²) in [6, 6.07) is 14.4. The minimum Gasteiger partial charge on any atom is -0.382 e. The summed E-state index contributed by atoms with van der Waals surface area (Å²) in [4.78, 5) is 4.30. The molecule has 2 bridgehead atoms. The number of alkyl halides is 3. The molecule has 9 nitrogen and oxygen atoms in total. The van der Waals surface area contributed by atoms with Gasteiger partial charge < -0.3 is 10.6 Å². The van der Waals surface area contributed by atoms with Gasteiger partial charge in [-0.2, -0.15) is 29.0 Å². The molecule has 222 valence electrons. The van der Waals surface area contributed by atoms with Crippen LogP contribution in [0.3, 0.4) is 0 Å². The summed E-state index contributed by atoms with van der Waals surface area (Å²) in [5.41, 5.74) is 1.63. The number of aromatic nitrogens is 4. The highest BCUT2D eigenvalue weighted by atomic mass is 19.4. The first-order valence-corrected chi connectivity index (χ1v) is 14.2. The number of hydrogen-bond acceptors (Lipinski definition) is 8. The molecule has 44 heavy (non-hydrogen) atoms. The Kier molecular flexibility index (Phi) is 6.74. The molecule has 0 aliphatic heterocycles. The number of halogens is 3. The second-order valence-corrected chi connectivity index (χ2v) is 12.4. The fourth-order valence-corrected chi connectivity index (χ4v) is 6.08. The van der Waals surface area contributed by atoms with E-state index in [4.69, 9.17) is 0 Å². The highest BCUT2D eigenvalue weighted by Gasteiger charge is 2.59. The summed E-state index contributed by atoms with van der Waals surface area (Å²) >= 11 is 0. The van der Waals surface area contributed by atoms with Crippen LogP contribution in [0.25, 0.3) is 10.9 Å². The molecule has 12 heteroatoms. The van der Waals surface area contributed by atoms with Crippen LogP contribution in [0, 0.1) is 52.2 Å². The van der Waals surface area contributed by atoms with Crippen molar-refractivity contribution in [1.82, 2.24) is 20.0 Å². The molecule has 3 aliphatic rings. The average molecular weight is 596 g/mol. The zero-order valence-corrected chi connectivity index (χ0v) is 24.3. The Morgan fingerprint density at radius 1 is 1.05 bits per heavy atom. The first-order valence-electron chi connectivity index (χ1n) is 14.2. The van der Waals surface area contributed by atoms with Crippen molar-refractivity contribution in [2.75, 3.05) is 17.2 Å². The Hall–Kier alpha value is -5.15. The highest BCUT2D eigenvalue weighted by molar-refractivity contribution is 5.99. The molecule has 0 radical (unpaired) electrons. The molecule has 7 rings (SSSR count). The molecule has 3 saturated carbocycles. The lowest BCUT2D eigenvalue weighted by Crippen LogP contribution is -2.59. The number of pyridine rings is 1. The van der Waals surface area contributed by atoms with E-state index < -0.39 is 24.2 Å². The molecule has 3 aliphatic carbocycles. The van der Waals surface area contributed by atoms with Crippen molar-refractivity contribution in [2.45, 2.75) is 57.8 Å². The Balaban J connectivity index is 1.46. The lowest BCUT2D eigenvalue weighted by Gasteiger charge is -2.61. The molecule has 2 heterocycles. The molecule has 0 saturated heterocycles. The largest absolute Gasteiger partial charge is 0.395 e. The molecule has 2 aromatic carbocycles. The van der Waals surface area contributed by atoms with Gasteiger partial charge in [0.25, 0.3) is 0 Å². The van der Waals surface area contributed by atoms with Crippen LogP contribution in [0.15, 0.2) is 42.7 Å². The topological polar surface area (TPSA) is 139 Å². The first-order chi connectivity index (χ1) is 20.9. The number of nitrogens with one attached hydrogen (secondary N) is 2. The van der Waals surface area contributed by atoms with E-state index in [0.29, 0.717) is 22.3 Å². The smallest absolute Gasteiger partial charge is 0.382 e. The number of nitrogens with zero attached hydrogens (tertiary/aromatic N) is 7. The van der Waals surface area contributed by atoms with E-state index in [1.807, 2.05) is 29.9 Å².